The van der Waals surface area contributed by atoms with Crippen LogP contribution in [0.4, 0.5) is 0 Å². The summed E-state index contributed by atoms with van der Waals surface area (Å²) in [6.07, 6.45) is 2.19. The summed E-state index contributed by atoms with van der Waals surface area (Å²) in [6, 6.07) is 3.52. The minimum absolute atomic E-state index is 0.447. The first-order valence-electron chi connectivity index (χ1n) is 7.77. The van der Waals surface area contributed by atoms with E-state index < -0.39 is 0 Å². The van der Waals surface area contributed by atoms with Crippen molar-refractivity contribution in [3.63, 3.8) is 0 Å². The molecule has 0 amide bonds. The molecule has 0 saturated carbocycles. The molecule has 0 saturated heterocycles. The highest BCUT2D eigenvalue weighted by atomic mass is 16.6. The molecule has 0 heterocycles. The van der Waals surface area contributed by atoms with Crippen molar-refractivity contribution in [1.82, 2.24) is 0 Å². The lowest BCUT2D eigenvalue weighted by molar-refractivity contribution is 0.0958. The van der Waals surface area contributed by atoms with Crippen LogP contribution in [-0.4, -0.2) is 41.2 Å². The van der Waals surface area contributed by atoms with Gasteiger partial charge in [0.1, 0.15) is 12.4 Å². The summed E-state index contributed by atoms with van der Waals surface area (Å²) in [5.41, 5.74) is 0. The van der Waals surface area contributed by atoms with Crippen LogP contribution in [0.1, 0.15) is 33.6 Å². The molecular formula is C17H30O5. The zero-order valence-electron chi connectivity index (χ0n) is 14.7. The lowest BCUT2D eigenvalue weighted by atomic mass is 10.2. The van der Waals surface area contributed by atoms with Crippen molar-refractivity contribution in [2.24, 2.45) is 0 Å². The van der Waals surface area contributed by atoms with Crippen LogP contribution in [0.25, 0.3) is 0 Å². The fourth-order valence-corrected chi connectivity index (χ4v) is 1.67. The van der Waals surface area contributed by atoms with Crippen LogP contribution in [0.3, 0.4) is 0 Å². The predicted molar refractivity (Wildman–Crippen MR) is 88.7 cm³/mol. The van der Waals surface area contributed by atoms with Gasteiger partial charge in [-0.05, 0) is 6.42 Å². The second-order valence-corrected chi connectivity index (χ2v) is 4.18. The Balaban J connectivity index is 0.00000211. The van der Waals surface area contributed by atoms with Gasteiger partial charge in [-0.25, -0.2) is 0 Å². The number of unbranched alkanes of at least 4 members (excludes halogenated alkanes) is 1. The molecule has 0 aliphatic rings. The number of ether oxygens (including phenoxy) is 5. The Hall–Kier alpha value is -1.62. The fraction of sp³-hybridized carbons (Fsp3) is 0.647. The van der Waals surface area contributed by atoms with Crippen molar-refractivity contribution in [2.75, 3.05) is 41.2 Å². The van der Waals surface area contributed by atoms with Gasteiger partial charge in [0, 0.05) is 18.7 Å². The summed E-state index contributed by atoms with van der Waals surface area (Å²) in [7, 11) is 4.76. The van der Waals surface area contributed by atoms with Crippen molar-refractivity contribution < 1.29 is 23.7 Å². The van der Waals surface area contributed by atoms with Gasteiger partial charge < -0.3 is 23.7 Å². The molecule has 1 aromatic carbocycles. The molecule has 128 valence electrons. The molecule has 0 bridgehead atoms. The van der Waals surface area contributed by atoms with Crippen molar-refractivity contribution in [1.29, 1.82) is 0 Å². The van der Waals surface area contributed by atoms with Gasteiger partial charge in [-0.3, -0.25) is 0 Å². The van der Waals surface area contributed by atoms with Crippen LogP contribution in [0.2, 0.25) is 0 Å². The normalized spacial score (nSPS) is 9.55. The second-order valence-electron chi connectivity index (χ2n) is 4.18. The lowest BCUT2D eigenvalue weighted by Crippen LogP contribution is -2.09. The van der Waals surface area contributed by atoms with Gasteiger partial charge in [0.05, 0.1) is 27.9 Å². The second kappa shape index (κ2) is 13.1. The number of methoxy groups -OCH3 is 3. The Kier molecular flexibility index (Phi) is 12.1. The molecule has 0 unspecified atom stereocenters. The van der Waals surface area contributed by atoms with Crippen LogP contribution in [0.15, 0.2) is 12.1 Å². The van der Waals surface area contributed by atoms with E-state index >= 15 is 0 Å². The van der Waals surface area contributed by atoms with Crippen molar-refractivity contribution in [3.05, 3.63) is 12.1 Å². The van der Waals surface area contributed by atoms with Gasteiger partial charge in [-0.15, -0.1) is 0 Å². The Morgan fingerprint density at radius 3 is 1.86 bits per heavy atom. The first kappa shape index (κ1) is 20.4. The average molecular weight is 314 g/mol. The molecule has 0 aliphatic heterocycles. The topological polar surface area (TPSA) is 46.2 Å². The standard InChI is InChI=1S/C15H24O5.C2H6/c1-5-6-7-19-8-9-20-15-13(17-3)10-12(16-2)11-14(15)18-4;1-2/h10-11H,5-9H2,1-4H3;1-2H3. The fourth-order valence-electron chi connectivity index (χ4n) is 1.67. The molecule has 22 heavy (non-hydrogen) atoms. The van der Waals surface area contributed by atoms with Crippen molar-refractivity contribution in [3.8, 4) is 23.0 Å². The van der Waals surface area contributed by atoms with Gasteiger partial charge in [0.2, 0.25) is 5.75 Å². The number of rotatable bonds is 10. The minimum Gasteiger partial charge on any atom is -0.496 e. The van der Waals surface area contributed by atoms with Crippen LogP contribution < -0.4 is 18.9 Å². The van der Waals surface area contributed by atoms with Crippen LogP contribution in [-0.2, 0) is 4.74 Å². The first-order valence-corrected chi connectivity index (χ1v) is 7.77. The first-order chi connectivity index (χ1) is 10.8. The third-order valence-corrected chi connectivity index (χ3v) is 2.79. The minimum atomic E-state index is 0.447. The van der Waals surface area contributed by atoms with E-state index in [4.69, 9.17) is 23.7 Å². The molecule has 1 rings (SSSR count). The quantitative estimate of drug-likeness (QED) is 0.612. The smallest absolute Gasteiger partial charge is 0.203 e. The van der Waals surface area contributed by atoms with Crippen LogP contribution in [0.5, 0.6) is 23.0 Å². The highest BCUT2D eigenvalue weighted by Gasteiger charge is 2.14. The SMILES string of the molecule is CC.CCCCOCCOc1c(OC)cc(OC)cc1OC. The summed E-state index contributed by atoms with van der Waals surface area (Å²) in [4.78, 5) is 0. The summed E-state index contributed by atoms with van der Waals surface area (Å²) in [5.74, 6) is 2.38. The van der Waals surface area contributed by atoms with E-state index in [-0.39, 0.29) is 0 Å². The number of hydrogen-bond acceptors (Lipinski definition) is 5. The van der Waals surface area contributed by atoms with Crippen molar-refractivity contribution >= 4 is 0 Å². The van der Waals surface area contributed by atoms with Gasteiger partial charge >= 0.3 is 0 Å². The third-order valence-electron chi connectivity index (χ3n) is 2.79. The molecule has 0 aliphatic carbocycles. The van der Waals surface area contributed by atoms with Gasteiger partial charge in [0.25, 0.3) is 0 Å². The monoisotopic (exact) mass is 314 g/mol. The summed E-state index contributed by atoms with van der Waals surface area (Å²) in [5, 5.41) is 0. The summed E-state index contributed by atoms with van der Waals surface area (Å²) >= 11 is 0. The van der Waals surface area contributed by atoms with E-state index in [1.54, 1.807) is 33.5 Å². The van der Waals surface area contributed by atoms with Gasteiger partial charge in [0.15, 0.2) is 11.5 Å². The molecule has 0 fully saturated rings. The maximum atomic E-state index is 5.70. The molecule has 0 radical (unpaired) electrons. The molecule has 5 nitrogen and oxygen atoms in total. The molecule has 1 aromatic rings. The Morgan fingerprint density at radius 1 is 0.818 bits per heavy atom. The van der Waals surface area contributed by atoms with E-state index in [9.17, 15) is 0 Å². The highest BCUT2D eigenvalue weighted by molar-refractivity contribution is 5.55. The summed E-state index contributed by atoms with van der Waals surface area (Å²) in [6.45, 7) is 7.88. The van der Waals surface area contributed by atoms with Crippen molar-refractivity contribution in [2.45, 2.75) is 33.6 Å². The number of hydrogen-bond donors (Lipinski definition) is 0. The van der Waals surface area contributed by atoms with E-state index in [0.29, 0.717) is 36.2 Å². The lowest BCUT2D eigenvalue weighted by Gasteiger charge is -2.15. The summed E-state index contributed by atoms with van der Waals surface area (Å²) < 4.78 is 26.9. The Labute approximate surface area is 134 Å². The molecular weight excluding hydrogens is 284 g/mol. The largest absolute Gasteiger partial charge is 0.496 e. The van der Waals surface area contributed by atoms with Crippen LogP contribution >= 0.6 is 0 Å². The Bertz CT molecular complexity index is 368. The maximum Gasteiger partial charge on any atom is 0.203 e. The zero-order valence-corrected chi connectivity index (χ0v) is 14.7. The third kappa shape index (κ3) is 6.89. The predicted octanol–water partition coefficient (Wildman–Crippen LogP) is 3.93. The Morgan fingerprint density at radius 2 is 1.41 bits per heavy atom. The maximum absolute atomic E-state index is 5.70. The highest BCUT2D eigenvalue weighted by Crippen LogP contribution is 2.40. The van der Waals surface area contributed by atoms with E-state index in [2.05, 4.69) is 6.92 Å². The zero-order chi connectivity index (χ0) is 16.8. The molecule has 5 heteroatoms. The van der Waals surface area contributed by atoms with Crippen LogP contribution in [0, 0.1) is 0 Å². The van der Waals surface area contributed by atoms with E-state index in [0.717, 1.165) is 19.4 Å². The van der Waals surface area contributed by atoms with Gasteiger partial charge in [-0.2, -0.15) is 0 Å². The molecule has 0 aromatic heterocycles. The molecule has 0 N–H and O–H groups in total. The molecule has 0 spiro atoms. The van der Waals surface area contributed by atoms with E-state index in [1.807, 2.05) is 13.8 Å². The average Bonchev–Trinajstić information content (AvgIpc) is 2.59. The number of benzene rings is 1. The van der Waals surface area contributed by atoms with E-state index in [1.165, 1.54) is 0 Å². The van der Waals surface area contributed by atoms with Gasteiger partial charge in [-0.1, -0.05) is 27.2 Å². The molecule has 0 atom stereocenters.